The van der Waals surface area contributed by atoms with Crippen LogP contribution < -0.4 is 10.1 Å². The Kier molecular flexibility index (Phi) is 5.04. The van der Waals surface area contributed by atoms with Gasteiger partial charge in [0.25, 0.3) is 0 Å². The number of aliphatic hydroxyl groups excluding tert-OH is 1. The fourth-order valence-electron chi connectivity index (χ4n) is 4.27. The molecule has 3 heteroatoms. The Morgan fingerprint density at radius 2 is 2.00 bits per heavy atom. The van der Waals surface area contributed by atoms with Gasteiger partial charge in [-0.15, -0.1) is 0 Å². The van der Waals surface area contributed by atoms with Gasteiger partial charge in [-0.25, -0.2) is 0 Å². The smallest absolute Gasteiger partial charge is 0.119 e. The lowest BCUT2D eigenvalue weighted by atomic mass is 9.84. The Hall–Kier alpha value is -1.06. The van der Waals surface area contributed by atoms with Gasteiger partial charge in [-0.3, -0.25) is 0 Å². The number of benzene rings is 1. The number of nitrogens with one attached hydrogen (secondary N) is 1. The maximum absolute atomic E-state index is 10.1. The van der Waals surface area contributed by atoms with Gasteiger partial charge in [0, 0.05) is 12.6 Å². The molecule has 2 N–H and O–H groups in total. The van der Waals surface area contributed by atoms with E-state index >= 15 is 0 Å². The molecule has 3 nitrogen and oxygen atoms in total. The summed E-state index contributed by atoms with van der Waals surface area (Å²) < 4.78 is 5.64. The average Bonchev–Trinajstić information content (AvgIpc) is 3.15. The summed E-state index contributed by atoms with van der Waals surface area (Å²) in [5.41, 5.74) is 1.22. The van der Waals surface area contributed by atoms with Gasteiger partial charge in [0.05, 0.1) is 0 Å². The molecule has 2 saturated carbocycles. The van der Waals surface area contributed by atoms with Crippen LogP contribution in [0.4, 0.5) is 0 Å². The predicted molar refractivity (Wildman–Crippen MR) is 89.1 cm³/mol. The van der Waals surface area contributed by atoms with E-state index in [-0.39, 0.29) is 0 Å². The highest BCUT2D eigenvalue weighted by Gasteiger charge is 2.41. The molecular formula is C19H29NO2. The van der Waals surface area contributed by atoms with Crippen molar-refractivity contribution in [3.63, 3.8) is 0 Å². The van der Waals surface area contributed by atoms with Crippen LogP contribution in [0.2, 0.25) is 0 Å². The zero-order chi connectivity index (χ0) is 15.5. The number of rotatable bonds is 7. The molecule has 0 aromatic heterocycles. The topological polar surface area (TPSA) is 41.5 Å². The first-order valence-electron chi connectivity index (χ1n) is 8.72. The molecule has 2 fully saturated rings. The largest absolute Gasteiger partial charge is 0.491 e. The van der Waals surface area contributed by atoms with Gasteiger partial charge in [0.15, 0.2) is 0 Å². The minimum Gasteiger partial charge on any atom is -0.491 e. The lowest BCUT2D eigenvalue weighted by Gasteiger charge is -2.29. The first-order chi connectivity index (χ1) is 10.6. The minimum absolute atomic E-state index is 0.347. The van der Waals surface area contributed by atoms with E-state index in [0.717, 1.165) is 23.5 Å². The van der Waals surface area contributed by atoms with E-state index < -0.39 is 6.10 Å². The van der Waals surface area contributed by atoms with Crippen molar-refractivity contribution >= 4 is 0 Å². The Bertz CT molecular complexity index is 473. The van der Waals surface area contributed by atoms with Crippen molar-refractivity contribution in [1.82, 2.24) is 5.32 Å². The molecule has 5 atom stereocenters. The highest BCUT2D eigenvalue weighted by Crippen LogP contribution is 2.49. The molecule has 3 rings (SSSR count). The lowest BCUT2D eigenvalue weighted by molar-refractivity contribution is 0.0993. The second-order valence-corrected chi connectivity index (χ2v) is 7.31. The van der Waals surface area contributed by atoms with Crippen molar-refractivity contribution < 1.29 is 9.84 Å². The summed E-state index contributed by atoms with van der Waals surface area (Å²) in [7, 11) is 0. The SMILES string of the molecule is Cc1ccc(OC[C@@H](O)CN[C@@H](C)[C@@H]2C[C@@H]3CC[C@@H]2C3)cc1. The van der Waals surface area contributed by atoms with Crippen molar-refractivity contribution in [3.05, 3.63) is 29.8 Å². The maximum Gasteiger partial charge on any atom is 0.119 e. The predicted octanol–water partition coefficient (Wildman–Crippen LogP) is 3.15. The second kappa shape index (κ2) is 7.01. The van der Waals surface area contributed by atoms with Gasteiger partial charge >= 0.3 is 0 Å². The van der Waals surface area contributed by atoms with Crippen molar-refractivity contribution in [2.75, 3.05) is 13.2 Å². The van der Waals surface area contributed by atoms with Crippen LogP contribution in [0, 0.1) is 24.7 Å². The summed E-state index contributed by atoms with van der Waals surface area (Å²) in [6, 6.07) is 8.46. The standard InChI is InChI=1S/C19H29NO2/c1-13-3-7-18(8-4-13)22-12-17(21)11-20-14(2)19-10-15-5-6-16(19)9-15/h3-4,7-8,14-17,19-21H,5-6,9-12H2,1-2H3/t14-,15+,16+,17-,19-/m0/s1. The average molecular weight is 303 g/mol. The summed E-state index contributed by atoms with van der Waals surface area (Å²) >= 11 is 0. The number of hydrogen-bond donors (Lipinski definition) is 2. The van der Waals surface area contributed by atoms with E-state index in [1.165, 1.54) is 31.2 Å². The molecule has 2 aliphatic rings. The molecule has 1 aromatic carbocycles. The van der Waals surface area contributed by atoms with Crippen LogP contribution in [-0.4, -0.2) is 30.4 Å². The molecule has 0 radical (unpaired) electrons. The van der Waals surface area contributed by atoms with E-state index in [2.05, 4.69) is 19.2 Å². The third-order valence-corrected chi connectivity index (χ3v) is 5.57. The highest BCUT2D eigenvalue weighted by molar-refractivity contribution is 5.26. The zero-order valence-corrected chi connectivity index (χ0v) is 13.8. The van der Waals surface area contributed by atoms with Gasteiger partial charge in [-0.2, -0.15) is 0 Å². The summed E-state index contributed by atoms with van der Waals surface area (Å²) in [6.07, 6.45) is 5.23. The summed E-state index contributed by atoms with van der Waals surface area (Å²) in [6.45, 7) is 5.29. The molecule has 0 amide bonds. The maximum atomic E-state index is 10.1. The molecule has 0 unspecified atom stereocenters. The summed E-state index contributed by atoms with van der Waals surface area (Å²) in [5, 5.41) is 13.6. The van der Waals surface area contributed by atoms with Crippen molar-refractivity contribution in [2.24, 2.45) is 17.8 Å². The van der Waals surface area contributed by atoms with Crippen molar-refractivity contribution in [2.45, 2.75) is 51.7 Å². The van der Waals surface area contributed by atoms with Crippen LogP contribution in [0.3, 0.4) is 0 Å². The van der Waals surface area contributed by atoms with Gasteiger partial charge in [0.2, 0.25) is 0 Å². The van der Waals surface area contributed by atoms with E-state index in [1.54, 1.807) is 0 Å². The fraction of sp³-hybridized carbons (Fsp3) is 0.684. The van der Waals surface area contributed by atoms with Gasteiger partial charge in [0.1, 0.15) is 18.5 Å². The highest BCUT2D eigenvalue weighted by atomic mass is 16.5. The number of fused-ring (bicyclic) bond motifs is 2. The number of hydrogen-bond acceptors (Lipinski definition) is 3. The monoisotopic (exact) mass is 303 g/mol. The number of ether oxygens (including phenoxy) is 1. The third kappa shape index (κ3) is 3.82. The number of aliphatic hydroxyl groups is 1. The molecule has 0 spiro atoms. The van der Waals surface area contributed by atoms with Crippen LogP contribution in [0.1, 0.15) is 38.2 Å². The first kappa shape index (κ1) is 15.8. The quantitative estimate of drug-likeness (QED) is 0.813. The van der Waals surface area contributed by atoms with Crippen molar-refractivity contribution in [1.29, 1.82) is 0 Å². The Balaban J connectivity index is 1.37. The van der Waals surface area contributed by atoms with Crippen LogP contribution in [0.25, 0.3) is 0 Å². The molecule has 122 valence electrons. The van der Waals surface area contributed by atoms with Crippen molar-refractivity contribution in [3.8, 4) is 5.75 Å². The minimum atomic E-state index is -0.456. The first-order valence-corrected chi connectivity index (χ1v) is 8.72. The molecule has 0 heterocycles. The summed E-state index contributed by atoms with van der Waals surface area (Å²) in [5.74, 6) is 3.54. The lowest BCUT2D eigenvalue weighted by Crippen LogP contribution is -2.41. The molecular weight excluding hydrogens is 274 g/mol. The summed E-state index contributed by atoms with van der Waals surface area (Å²) in [4.78, 5) is 0. The van der Waals surface area contributed by atoms with E-state index in [9.17, 15) is 5.11 Å². The molecule has 1 aromatic rings. The van der Waals surface area contributed by atoms with Gasteiger partial charge < -0.3 is 15.2 Å². The molecule has 22 heavy (non-hydrogen) atoms. The van der Waals surface area contributed by atoms with Gasteiger partial charge in [-0.05, 0) is 63.0 Å². The zero-order valence-electron chi connectivity index (χ0n) is 13.8. The molecule has 0 saturated heterocycles. The Labute approximate surface area is 134 Å². The molecule has 2 bridgehead atoms. The second-order valence-electron chi connectivity index (χ2n) is 7.31. The van der Waals surface area contributed by atoms with Crippen LogP contribution in [-0.2, 0) is 0 Å². The van der Waals surface area contributed by atoms with E-state index in [0.29, 0.717) is 19.2 Å². The molecule has 0 aliphatic heterocycles. The normalized spacial score (nSPS) is 29.5. The van der Waals surface area contributed by atoms with E-state index in [4.69, 9.17) is 4.74 Å². The van der Waals surface area contributed by atoms with Gasteiger partial charge in [-0.1, -0.05) is 24.1 Å². The van der Waals surface area contributed by atoms with Crippen LogP contribution in [0.5, 0.6) is 5.75 Å². The van der Waals surface area contributed by atoms with E-state index in [1.807, 2.05) is 24.3 Å². The van der Waals surface area contributed by atoms with Crippen LogP contribution in [0.15, 0.2) is 24.3 Å². The Morgan fingerprint density at radius 1 is 1.23 bits per heavy atom. The molecule has 2 aliphatic carbocycles. The Morgan fingerprint density at radius 3 is 2.64 bits per heavy atom. The number of aryl methyl sites for hydroxylation is 1. The third-order valence-electron chi connectivity index (χ3n) is 5.57. The fourth-order valence-corrected chi connectivity index (χ4v) is 4.27. The van der Waals surface area contributed by atoms with Crippen LogP contribution >= 0.6 is 0 Å².